The molecule has 2 aromatic rings. The third-order valence-corrected chi connectivity index (χ3v) is 5.88. The van der Waals surface area contributed by atoms with E-state index in [0.717, 1.165) is 23.5 Å². The number of carbonyl (C=O) groups excluding carboxylic acids is 2. The fraction of sp³-hybridized carbons (Fsp3) is 0.500. The first-order chi connectivity index (χ1) is 14.9. The molecule has 0 spiro atoms. The van der Waals surface area contributed by atoms with Crippen molar-refractivity contribution >= 4 is 17.6 Å². The molecular weight excluding hydrogens is 390 g/mol. The van der Waals surface area contributed by atoms with E-state index in [4.69, 9.17) is 0 Å². The van der Waals surface area contributed by atoms with E-state index in [9.17, 15) is 9.59 Å². The summed E-state index contributed by atoms with van der Waals surface area (Å²) in [5.74, 6) is 0.758. The monoisotopic (exact) mass is 423 g/mol. The minimum absolute atomic E-state index is 0.0134. The second-order valence-electron chi connectivity index (χ2n) is 8.39. The molecule has 0 saturated carbocycles. The molecule has 31 heavy (non-hydrogen) atoms. The number of hydrogen-bond donors (Lipinski definition) is 0. The van der Waals surface area contributed by atoms with E-state index >= 15 is 0 Å². The normalized spacial score (nSPS) is 15.1. The van der Waals surface area contributed by atoms with Crippen LogP contribution in [0.5, 0.6) is 0 Å². The zero-order chi connectivity index (χ0) is 22.4. The second kappa shape index (κ2) is 10.4. The van der Waals surface area contributed by atoms with E-state index in [1.165, 1.54) is 0 Å². The lowest BCUT2D eigenvalue weighted by molar-refractivity contribution is -0.144. The van der Waals surface area contributed by atoms with E-state index < -0.39 is 0 Å². The van der Waals surface area contributed by atoms with Crippen LogP contribution >= 0.6 is 0 Å². The average molecular weight is 424 g/mol. The third-order valence-electron chi connectivity index (χ3n) is 5.88. The van der Waals surface area contributed by atoms with Gasteiger partial charge in [-0.3, -0.25) is 9.59 Å². The van der Waals surface area contributed by atoms with Gasteiger partial charge in [-0.25, -0.2) is 0 Å². The quantitative estimate of drug-likeness (QED) is 0.685. The number of benzene rings is 1. The van der Waals surface area contributed by atoms with E-state index in [1.807, 2.05) is 75.1 Å². The maximum atomic E-state index is 12.9. The maximum absolute atomic E-state index is 12.9. The molecule has 166 valence electrons. The van der Waals surface area contributed by atoms with E-state index in [1.54, 1.807) is 4.90 Å². The van der Waals surface area contributed by atoms with Gasteiger partial charge in [-0.1, -0.05) is 51.1 Å². The van der Waals surface area contributed by atoms with Crippen molar-refractivity contribution in [1.29, 1.82) is 0 Å². The summed E-state index contributed by atoms with van der Waals surface area (Å²) in [4.78, 5) is 31.2. The first-order valence-electron chi connectivity index (χ1n) is 11.1. The van der Waals surface area contributed by atoms with Gasteiger partial charge in [0.15, 0.2) is 5.82 Å². The lowest BCUT2D eigenvalue weighted by Crippen LogP contribution is -2.53. The Bertz CT molecular complexity index is 861. The topological polar surface area (TPSA) is 69.6 Å². The zero-order valence-electron chi connectivity index (χ0n) is 19.0. The molecule has 1 aromatic heterocycles. The van der Waals surface area contributed by atoms with Crippen LogP contribution in [0.15, 0.2) is 42.5 Å². The van der Waals surface area contributed by atoms with Crippen molar-refractivity contribution in [3.05, 3.63) is 42.5 Å². The van der Waals surface area contributed by atoms with Crippen LogP contribution in [0, 0.1) is 5.92 Å². The molecule has 0 unspecified atom stereocenters. The van der Waals surface area contributed by atoms with Crippen LogP contribution in [-0.4, -0.2) is 70.6 Å². The SMILES string of the molecule is CC[C@H](C)N(CC(=O)N1CCN(c2ccc(-c3ccccc3)nn2)CC1)C(=O)C(C)C. The summed E-state index contributed by atoms with van der Waals surface area (Å²) in [6, 6.07) is 14.0. The lowest BCUT2D eigenvalue weighted by Gasteiger charge is -2.37. The number of hydrogen-bond acceptors (Lipinski definition) is 5. The van der Waals surface area contributed by atoms with Crippen LogP contribution in [0.25, 0.3) is 11.3 Å². The Kier molecular flexibility index (Phi) is 7.60. The van der Waals surface area contributed by atoms with E-state index in [2.05, 4.69) is 15.1 Å². The van der Waals surface area contributed by atoms with Gasteiger partial charge < -0.3 is 14.7 Å². The van der Waals surface area contributed by atoms with Crippen molar-refractivity contribution in [3.63, 3.8) is 0 Å². The zero-order valence-corrected chi connectivity index (χ0v) is 19.0. The predicted molar refractivity (Wildman–Crippen MR) is 123 cm³/mol. The highest BCUT2D eigenvalue weighted by molar-refractivity contribution is 5.86. The Morgan fingerprint density at radius 3 is 2.19 bits per heavy atom. The summed E-state index contributed by atoms with van der Waals surface area (Å²) in [6.45, 7) is 10.6. The maximum Gasteiger partial charge on any atom is 0.242 e. The summed E-state index contributed by atoms with van der Waals surface area (Å²) >= 11 is 0. The highest BCUT2D eigenvalue weighted by atomic mass is 16.2. The molecule has 0 bridgehead atoms. The summed E-state index contributed by atoms with van der Waals surface area (Å²) in [5.41, 5.74) is 1.89. The minimum atomic E-state index is -0.115. The number of piperazine rings is 1. The van der Waals surface area contributed by atoms with Crippen molar-refractivity contribution in [2.75, 3.05) is 37.6 Å². The molecule has 0 aliphatic carbocycles. The van der Waals surface area contributed by atoms with Crippen LogP contribution in [0.1, 0.15) is 34.1 Å². The van der Waals surface area contributed by atoms with Crippen LogP contribution < -0.4 is 4.90 Å². The van der Waals surface area contributed by atoms with Gasteiger partial charge in [0, 0.05) is 43.7 Å². The number of anilines is 1. The highest BCUT2D eigenvalue weighted by Gasteiger charge is 2.28. The van der Waals surface area contributed by atoms with E-state index in [0.29, 0.717) is 26.2 Å². The fourth-order valence-electron chi connectivity index (χ4n) is 3.69. The van der Waals surface area contributed by atoms with Crippen molar-refractivity contribution in [3.8, 4) is 11.3 Å². The summed E-state index contributed by atoms with van der Waals surface area (Å²) in [7, 11) is 0. The molecule has 1 atom stereocenters. The van der Waals surface area contributed by atoms with Gasteiger partial charge in [-0.05, 0) is 25.5 Å². The Balaban J connectivity index is 1.57. The first kappa shape index (κ1) is 22.7. The molecule has 1 aliphatic rings. The molecule has 0 radical (unpaired) electrons. The molecule has 1 aliphatic heterocycles. The third kappa shape index (κ3) is 5.60. The number of aromatic nitrogens is 2. The molecule has 1 saturated heterocycles. The molecule has 1 aromatic carbocycles. The predicted octanol–water partition coefficient (Wildman–Crippen LogP) is 3.08. The second-order valence-corrected chi connectivity index (χ2v) is 8.39. The van der Waals surface area contributed by atoms with Gasteiger partial charge in [-0.2, -0.15) is 0 Å². The van der Waals surface area contributed by atoms with Crippen molar-refractivity contribution < 1.29 is 9.59 Å². The van der Waals surface area contributed by atoms with Crippen LogP contribution in [-0.2, 0) is 9.59 Å². The van der Waals surface area contributed by atoms with Gasteiger partial charge in [0.1, 0.15) is 0 Å². The van der Waals surface area contributed by atoms with Crippen molar-refractivity contribution in [2.45, 2.75) is 40.2 Å². The van der Waals surface area contributed by atoms with Gasteiger partial charge in [-0.15, -0.1) is 10.2 Å². The van der Waals surface area contributed by atoms with Crippen molar-refractivity contribution in [2.24, 2.45) is 5.92 Å². The van der Waals surface area contributed by atoms with Crippen LogP contribution in [0.3, 0.4) is 0 Å². The fourth-order valence-corrected chi connectivity index (χ4v) is 3.69. The summed E-state index contributed by atoms with van der Waals surface area (Å²) < 4.78 is 0. The molecule has 3 rings (SSSR count). The summed E-state index contributed by atoms with van der Waals surface area (Å²) in [6.07, 6.45) is 0.831. The smallest absolute Gasteiger partial charge is 0.242 e. The number of amides is 2. The standard InChI is InChI=1S/C24H33N5O2/c1-5-19(4)29(24(31)18(2)3)17-23(30)28-15-13-27(14-16-28)22-12-11-21(25-26-22)20-9-7-6-8-10-20/h6-12,18-19H,5,13-17H2,1-4H3/t19-/m0/s1. The Hall–Kier alpha value is -2.96. The molecule has 0 N–H and O–H groups in total. The van der Waals surface area contributed by atoms with Gasteiger partial charge in [0.05, 0.1) is 12.2 Å². The van der Waals surface area contributed by atoms with Crippen LogP contribution in [0.4, 0.5) is 5.82 Å². The van der Waals surface area contributed by atoms with Gasteiger partial charge >= 0.3 is 0 Å². The molecule has 7 heteroatoms. The minimum Gasteiger partial charge on any atom is -0.352 e. The number of rotatable bonds is 7. The largest absolute Gasteiger partial charge is 0.352 e. The molecule has 2 amide bonds. The number of nitrogens with zero attached hydrogens (tertiary/aromatic N) is 5. The van der Waals surface area contributed by atoms with Gasteiger partial charge in [0.2, 0.25) is 11.8 Å². The summed E-state index contributed by atoms with van der Waals surface area (Å²) in [5, 5.41) is 8.76. The number of carbonyl (C=O) groups is 2. The first-order valence-corrected chi connectivity index (χ1v) is 11.1. The Morgan fingerprint density at radius 2 is 1.65 bits per heavy atom. The van der Waals surface area contributed by atoms with Crippen LogP contribution in [0.2, 0.25) is 0 Å². The van der Waals surface area contributed by atoms with Gasteiger partial charge in [0.25, 0.3) is 0 Å². The Morgan fingerprint density at radius 1 is 0.968 bits per heavy atom. The molecular formula is C24H33N5O2. The highest BCUT2D eigenvalue weighted by Crippen LogP contribution is 2.19. The Labute approximate surface area is 185 Å². The molecule has 2 heterocycles. The molecule has 1 fully saturated rings. The average Bonchev–Trinajstić information content (AvgIpc) is 2.82. The van der Waals surface area contributed by atoms with E-state index in [-0.39, 0.29) is 30.3 Å². The molecule has 7 nitrogen and oxygen atoms in total. The lowest BCUT2D eigenvalue weighted by atomic mass is 10.1. The van der Waals surface area contributed by atoms with Crippen molar-refractivity contribution in [1.82, 2.24) is 20.0 Å².